The molecule has 11 nitrogen and oxygen atoms in total. The molecule has 1 N–H and O–H groups in total. The van der Waals surface area contributed by atoms with Gasteiger partial charge in [-0.25, -0.2) is 4.89 Å². The van der Waals surface area contributed by atoms with Gasteiger partial charge in [-0.1, -0.05) is 24.2 Å². The second-order valence-electron chi connectivity index (χ2n) is 8.57. The van der Waals surface area contributed by atoms with Gasteiger partial charge in [0.1, 0.15) is 30.8 Å². The smallest absolute Gasteiger partial charge is 0.437 e. The molecule has 0 saturated carbocycles. The average molecular weight is 679 g/mol. The van der Waals surface area contributed by atoms with Crippen LogP contribution in [-0.2, 0) is 27.9 Å². The Morgan fingerprint density at radius 3 is 1.73 bits per heavy atom. The molecule has 0 aliphatic carbocycles. The van der Waals surface area contributed by atoms with E-state index in [1.807, 2.05) is 0 Å². The maximum absolute atomic E-state index is 13.4. The number of rotatable bonds is 18. The molecular formula is C25H28F6N2O9S2. The van der Waals surface area contributed by atoms with E-state index in [-0.39, 0.29) is 55.6 Å². The van der Waals surface area contributed by atoms with Crippen molar-refractivity contribution in [1.29, 1.82) is 0 Å². The van der Waals surface area contributed by atoms with Gasteiger partial charge in [0.25, 0.3) is 12.3 Å². The summed E-state index contributed by atoms with van der Waals surface area (Å²) in [4.78, 5) is 4.59. The van der Waals surface area contributed by atoms with Crippen LogP contribution in [0.5, 0.6) is 11.5 Å². The number of aliphatic hydroxyl groups excluding tert-OH is 1. The highest BCUT2D eigenvalue weighted by Gasteiger charge is 2.39. The van der Waals surface area contributed by atoms with Crippen LogP contribution in [0.25, 0.3) is 0 Å². The standard InChI is InChI=1S/C25H28F6N2O9S2/c1-3-13-39-42-43-40-32-22(24(26,27)28)17-5-9-20(10-6-17)37-15-19(34)16-38-21-11-7-18(8-12-21)23(25(29,30)31)33-41-44(35,36)14-4-2/h5-12,19,34H,3-4,13-16H2,1-2H3/b32-22-,33-23-. The third-order valence-corrected chi connectivity index (χ3v) is 6.39. The number of oxime groups is 2. The van der Waals surface area contributed by atoms with Crippen LogP contribution in [0.3, 0.4) is 0 Å². The van der Waals surface area contributed by atoms with Crippen LogP contribution in [0, 0.1) is 0 Å². The lowest BCUT2D eigenvalue weighted by molar-refractivity contribution is -0.196. The summed E-state index contributed by atoms with van der Waals surface area (Å²) in [5, 5.41) is 16.0. The zero-order valence-electron chi connectivity index (χ0n) is 23.1. The number of halogens is 6. The normalized spacial score (nSPS) is 13.8. The Labute approximate surface area is 253 Å². The van der Waals surface area contributed by atoms with E-state index in [4.69, 9.17) is 9.47 Å². The van der Waals surface area contributed by atoms with Crippen molar-refractivity contribution in [3.8, 4) is 11.5 Å². The summed E-state index contributed by atoms with van der Waals surface area (Å²) in [5.74, 6) is -0.354. The van der Waals surface area contributed by atoms with Crippen molar-refractivity contribution in [2.75, 3.05) is 25.6 Å². The summed E-state index contributed by atoms with van der Waals surface area (Å²) < 4.78 is 127. The topological polar surface area (TPSA) is 134 Å². The quantitative estimate of drug-likeness (QED) is 0.0520. The third kappa shape index (κ3) is 13.2. The summed E-state index contributed by atoms with van der Waals surface area (Å²) >= 11 is 0.107. The zero-order valence-corrected chi connectivity index (χ0v) is 24.8. The molecule has 0 aliphatic rings. The van der Waals surface area contributed by atoms with Crippen LogP contribution in [0.1, 0.15) is 37.8 Å². The minimum atomic E-state index is -5.03. The first-order valence-electron chi connectivity index (χ1n) is 12.6. The van der Waals surface area contributed by atoms with Crippen molar-refractivity contribution < 1.29 is 67.1 Å². The number of nitrogens with zero attached hydrogens (tertiary/aromatic N) is 2. The van der Waals surface area contributed by atoms with Gasteiger partial charge in [-0.3, -0.25) is 8.57 Å². The number of hydrogen-bond acceptors (Lipinski definition) is 12. The lowest BCUT2D eigenvalue weighted by Crippen LogP contribution is -2.26. The molecule has 0 bridgehead atoms. The van der Waals surface area contributed by atoms with Gasteiger partial charge >= 0.3 is 22.5 Å². The molecule has 0 aliphatic heterocycles. The van der Waals surface area contributed by atoms with Crippen molar-refractivity contribution in [2.45, 2.75) is 45.1 Å². The summed E-state index contributed by atoms with van der Waals surface area (Å²) in [6, 6.07) is 8.75. The predicted octanol–water partition coefficient (Wildman–Crippen LogP) is 5.73. The molecule has 44 heavy (non-hydrogen) atoms. The molecule has 1 atom stereocenters. The highest BCUT2D eigenvalue weighted by Crippen LogP contribution is 2.26. The highest BCUT2D eigenvalue weighted by atomic mass is 32.2. The Morgan fingerprint density at radius 1 is 0.818 bits per heavy atom. The monoisotopic (exact) mass is 678 g/mol. The summed E-state index contributed by atoms with van der Waals surface area (Å²) in [6.45, 7) is 2.79. The first-order chi connectivity index (χ1) is 20.7. The van der Waals surface area contributed by atoms with E-state index < -0.39 is 51.3 Å². The van der Waals surface area contributed by atoms with E-state index in [0.29, 0.717) is 6.42 Å². The first-order valence-corrected chi connectivity index (χ1v) is 14.9. The van der Waals surface area contributed by atoms with Crippen LogP contribution in [0.2, 0.25) is 0 Å². The van der Waals surface area contributed by atoms with E-state index >= 15 is 0 Å². The maximum atomic E-state index is 13.4. The van der Waals surface area contributed by atoms with Crippen molar-refractivity contribution in [2.24, 2.45) is 10.3 Å². The Balaban J connectivity index is 1.93. The molecule has 0 radical (unpaired) electrons. The Bertz CT molecular complexity index is 1320. The SMILES string of the molecule is CCCOOSO/N=C(/c1ccc(OCC(O)COc2ccc(/C(=N/OS(=O)(=O)CCC)C(F)(F)F)cc2)cc1)C(F)(F)F. The maximum Gasteiger partial charge on any atom is 0.437 e. The number of alkyl halides is 6. The van der Waals surface area contributed by atoms with Gasteiger partial charge in [0.05, 0.1) is 12.4 Å². The molecule has 19 heteroatoms. The number of ether oxygens (including phenoxy) is 2. The van der Waals surface area contributed by atoms with Gasteiger partial charge in [0.15, 0.2) is 11.4 Å². The number of aliphatic hydroxyl groups is 1. The lowest BCUT2D eigenvalue weighted by Gasteiger charge is -2.15. The van der Waals surface area contributed by atoms with E-state index in [9.17, 15) is 39.9 Å². The van der Waals surface area contributed by atoms with Crippen molar-refractivity contribution in [3.63, 3.8) is 0 Å². The molecule has 2 aromatic carbocycles. The predicted molar refractivity (Wildman–Crippen MR) is 146 cm³/mol. The van der Waals surface area contributed by atoms with Crippen LogP contribution in [0.15, 0.2) is 58.8 Å². The van der Waals surface area contributed by atoms with E-state index in [0.717, 1.165) is 36.4 Å². The molecule has 2 aromatic rings. The third-order valence-electron chi connectivity index (χ3n) is 4.90. The number of benzene rings is 2. The van der Waals surface area contributed by atoms with Gasteiger partial charge < -0.3 is 14.6 Å². The van der Waals surface area contributed by atoms with Gasteiger partial charge in [-0.2, -0.15) is 34.8 Å². The fraction of sp³-hybridized carbons (Fsp3) is 0.440. The fourth-order valence-corrected chi connectivity index (χ4v) is 3.97. The van der Waals surface area contributed by atoms with Crippen LogP contribution in [0.4, 0.5) is 26.3 Å². The average Bonchev–Trinajstić information content (AvgIpc) is 2.94. The number of hydrogen-bond donors (Lipinski definition) is 1. The highest BCUT2D eigenvalue weighted by molar-refractivity contribution is 7.89. The van der Waals surface area contributed by atoms with Crippen LogP contribution in [-0.4, -0.2) is 69.0 Å². The molecular weight excluding hydrogens is 650 g/mol. The Kier molecular flexibility index (Phi) is 14.5. The molecule has 0 amide bonds. The van der Waals surface area contributed by atoms with Gasteiger partial charge in [-0.05, 0) is 61.4 Å². The summed E-state index contributed by atoms with van der Waals surface area (Å²) in [7, 11) is -4.28. The van der Waals surface area contributed by atoms with E-state index in [2.05, 4.69) is 28.1 Å². The first kappa shape index (κ1) is 36.9. The van der Waals surface area contributed by atoms with Gasteiger partial charge in [0.2, 0.25) is 0 Å². The van der Waals surface area contributed by atoms with Crippen LogP contribution >= 0.6 is 12.3 Å². The van der Waals surface area contributed by atoms with Gasteiger partial charge in [0, 0.05) is 11.1 Å². The fourth-order valence-electron chi connectivity index (χ4n) is 2.97. The van der Waals surface area contributed by atoms with E-state index in [1.165, 1.54) is 19.1 Å². The van der Waals surface area contributed by atoms with Crippen molar-refractivity contribution in [3.05, 3.63) is 59.7 Å². The minimum Gasteiger partial charge on any atom is -0.491 e. The minimum absolute atomic E-state index is 0.0554. The Hall–Kier alpha value is -3.26. The van der Waals surface area contributed by atoms with Crippen molar-refractivity contribution >= 4 is 33.9 Å². The lowest BCUT2D eigenvalue weighted by atomic mass is 10.1. The molecule has 0 heterocycles. The largest absolute Gasteiger partial charge is 0.491 e. The zero-order chi connectivity index (χ0) is 32.8. The second-order valence-corrected chi connectivity index (χ2v) is 10.7. The Morgan fingerprint density at radius 2 is 1.30 bits per heavy atom. The summed E-state index contributed by atoms with van der Waals surface area (Å²) in [5.41, 5.74) is -3.77. The van der Waals surface area contributed by atoms with E-state index in [1.54, 1.807) is 6.92 Å². The molecule has 0 saturated heterocycles. The molecule has 2 rings (SSSR count). The molecule has 0 aromatic heterocycles. The van der Waals surface area contributed by atoms with Gasteiger partial charge in [-0.15, -0.1) is 4.33 Å². The molecule has 0 fully saturated rings. The van der Waals surface area contributed by atoms with Crippen molar-refractivity contribution in [1.82, 2.24) is 0 Å². The molecule has 1 unspecified atom stereocenters. The van der Waals surface area contributed by atoms with Crippen LogP contribution < -0.4 is 9.47 Å². The second kappa shape index (κ2) is 17.3. The molecule has 246 valence electrons. The summed E-state index contributed by atoms with van der Waals surface area (Å²) in [6.07, 6.45) is -10.4. The molecule has 0 spiro atoms.